The number of ether oxygens (including phenoxy) is 2. The lowest BCUT2D eigenvalue weighted by Crippen LogP contribution is -2.44. The Bertz CT molecular complexity index is 982. The number of amides is 1. The van der Waals surface area contributed by atoms with Crippen LogP contribution in [0, 0.1) is 0 Å². The summed E-state index contributed by atoms with van der Waals surface area (Å²) < 4.78 is 12.9. The van der Waals surface area contributed by atoms with Crippen molar-refractivity contribution < 1.29 is 14.3 Å². The van der Waals surface area contributed by atoms with E-state index in [9.17, 15) is 4.79 Å². The van der Waals surface area contributed by atoms with Gasteiger partial charge in [0, 0.05) is 30.7 Å². The summed E-state index contributed by atoms with van der Waals surface area (Å²) in [7, 11) is 0. The number of carbonyl (C=O) groups excluding carboxylic acids is 1. The molecule has 3 heterocycles. The minimum absolute atomic E-state index is 0.117. The van der Waals surface area contributed by atoms with Gasteiger partial charge in [0.15, 0.2) is 11.5 Å². The maximum Gasteiger partial charge on any atom is 0.247 e. The second-order valence-corrected chi connectivity index (χ2v) is 7.13. The SMILES string of the molecule is CC(C)(C(=O)NCc1cccnc1)n1cc(-c2ccc3c(c2)OCCO3)cn1. The lowest BCUT2D eigenvalue weighted by molar-refractivity contribution is -0.129. The summed E-state index contributed by atoms with van der Waals surface area (Å²) in [5, 5.41) is 7.38. The topological polar surface area (TPSA) is 78.3 Å². The van der Waals surface area contributed by atoms with Crippen molar-refractivity contribution in [2.45, 2.75) is 25.9 Å². The first-order valence-corrected chi connectivity index (χ1v) is 9.16. The molecule has 28 heavy (non-hydrogen) atoms. The van der Waals surface area contributed by atoms with Crippen LogP contribution >= 0.6 is 0 Å². The van der Waals surface area contributed by atoms with E-state index < -0.39 is 5.54 Å². The van der Waals surface area contributed by atoms with Crippen LogP contribution in [0.5, 0.6) is 11.5 Å². The first kappa shape index (κ1) is 18.0. The van der Waals surface area contributed by atoms with Crippen LogP contribution in [0.1, 0.15) is 19.4 Å². The summed E-state index contributed by atoms with van der Waals surface area (Å²) in [6.45, 7) is 5.21. The van der Waals surface area contributed by atoms with Crippen LogP contribution in [0.2, 0.25) is 0 Å². The van der Waals surface area contributed by atoms with Gasteiger partial charge >= 0.3 is 0 Å². The molecule has 1 aromatic carbocycles. The first-order chi connectivity index (χ1) is 13.5. The predicted octanol–water partition coefficient (Wildman–Crippen LogP) is 2.77. The number of benzene rings is 1. The third-order valence-electron chi connectivity index (χ3n) is 4.76. The van der Waals surface area contributed by atoms with E-state index in [2.05, 4.69) is 15.4 Å². The number of fused-ring (bicyclic) bond motifs is 1. The Morgan fingerprint density at radius 3 is 2.75 bits per heavy atom. The van der Waals surface area contributed by atoms with Gasteiger partial charge < -0.3 is 14.8 Å². The second-order valence-electron chi connectivity index (χ2n) is 7.13. The van der Waals surface area contributed by atoms with Gasteiger partial charge in [0.1, 0.15) is 18.8 Å². The van der Waals surface area contributed by atoms with Gasteiger partial charge in [0.25, 0.3) is 0 Å². The largest absolute Gasteiger partial charge is 0.486 e. The molecule has 2 aromatic heterocycles. The highest BCUT2D eigenvalue weighted by Gasteiger charge is 2.30. The Balaban J connectivity index is 1.50. The van der Waals surface area contributed by atoms with Crippen LogP contribution in [-0.4, -0.2) is 33.9 Å². The fraction of sp³-hybridized carbons (Fsp3) is 0.286. The van der Waals surface area contributed by atoms with E-state index in [1.165, 1.54) is 0 Å². The quantitative estimate of drug-likeness (QED) is 0.739. The van der Waals surface area contributed by atoms with Gasteiger partial charge in [-0.3, -0.25) is 14.5 Å². The van der Waals surface area contributed by atoms with Gasteiger partial charge in [-0.25, -0.2) is 0 Å². The fourth-order valence-electron chi connectivity index (χ4n) is 3.01. The standard InChI is InChI=1S/C21H22N4O3/c1-21(2,20(26)23-12-15-4-3-7-22-11-15)25-14-17(13-24-25)16-5-6-18-19(10-16)28-9-8-27-18/h3-7,10-11,13-14H,8-9,12H2,1-2H3,(H,23,26). The van der Waals surface area contributed by atoms with Crippen LogP contribution in [-0.2, 0) is 16.9 Å². The van der Waals surface area contributed by atoms with Gasteiger partial charge in [0.2, 0.25) is 5.91 Å². The molecule has 0 radical (unpaired) electrons. The third-order valence-corrected chi connectivity index (χ3v) is 4.76. The minimum atomic E-state index is -0.839. The molecule has 0 unspecified atom stereocenters. The van der Waals surface area contributed by atoms with Gasteiger partial charge in [-0.15, -0.1) is 0 Å². The number of carbonyl (C=O) groups is 1. The Kier molecular flexibility index (Phi) is 4.73. The molecule has 1 aliphatic heterocycles. The Morgan fingerprint density at radius 2 is 1.96 bits per heavy atom. The lowest BCUT2D eigenvalue weighted by atomic mass is 10.0. The summed E-state index contributed by atoms with van der Waals surface area (Å²) in [4.78, 5) is 16.8. The van der Waals surface area contributed by atoms with E-state index >= 15 is 0 Å². The Hall–Kier alpha value is -3.35. The van der Waals surface area contributed by atoms with E-state index in [1.54, 1.807) is 23.3 Å². The van der Waals surface area contributed by atoms with Gasteiger partial charge in [0.05, 0.1) is 6.20 Å². The van der Waals surface area contributed by atoms with E-state index in [1.807, 2.05) is 50.4 Å². The van der Waals surface area contributed by atoms with Crippen molar-refractivity contribution >= 4 is 5.91 Å². The molecule has 0 atom stereocenters. The molecule has 144 valence electrons. The third kappa shape index (κ3) is 3.55. The summed E-state index contributed by atoms with van der Waals surface area (Å²) >= 11 is 0. The number of nitrogens with one attached hydrogen (secondary N) is 1. The zero-order chi connectivity index (χ0) is 19.6. The summed E-state index contributed by atoms with van der Waals surface area (Å²) in [6.07, 6.45) is 7.07. The number of pyridine rings is 1. The monoisotopic (exact) mass is 378 g/mol. The van der Waals surface area contributed by atoms with Crippen molar-refractivity contribution in [1.82, 2.24) is 20.1 Å². The number of nitrogens with zero attached hydrogens (tertiary/aromatic N) is 3. The lowest BCUT2D eigenvalue weighted by Gasteiger charge is -2.24. The van der Waals surface area contributed by atoms with E-state index in [0.29, 0.717) is 19.8 Å². The molecule has 0 fully saturated rings. The van der Waals surface area contributed by atoms with Crippen LogP contribution in [0.25, 0.3) is 11.1 Å². The van der Waals surface area contributed by atoms with Crippen LogP contribution in [0.4, 0.5) is 0 Å². The van der Waals surface area contributed by atoms with Gasteiger partial charge in [-0.05, 0) is 43.2 Å². The smallest absolute Gasteiger partial charge is 0.247 e. The zero-order valence-corrected chi connectivity index (χ0v) is 15.9. The van der Waals surface area contributed by atoms with Gasteiger partial charge in [-0.1, -0.05) is 12.1 Å². The highest BCUT2D eigenvalue weighted by molar-refractivity contribution is 5.83. The second kappa shape index (κ2) is 7.34. The van der Waals surface area contributed by atoms with Crippen molar-refractivity contribution in [2.75, 3.05) is 13.2 Å². The fourth-order valence-corrected chi connectivity index (χ4v) is 3.01. The number of hydrogen-bond donors (Lipinski definition) is 1. The number of aromatic nitrogens is 3. The molecular weight excluding hydrogens is 356 g/mol. The Labute approximate surface area is 163 Å². The molecule has 3 aromatic rings. The molecule has 1 aliphatic rings. The van der Waals surface area contributed by atoms with Crippen molar-refractivity contribution in [1.29, 1.82) is 0 Å². The molecule has 7 nitrogen and oxygen atoms in total. The zero-order valence-electron chi connectivity index (χ0n) is 15.9. The van der Waals surface area contributed by atoms with Crippen molar-refractivity contribution in [2.24, 2.45) is 0 Å². The predicted molar refractivity (Wildman–Crippen MR) is 104 cm³/mol. The Morgan fingerprint density at radius 1 is 1.14 bits per heavy atom. The molecule has 0 saturated carbocycles. The summed E-state index contributed by atoms with van der Waals surface area (Å²) in [5.74, 6) is 1.36. The minimum Gasteiger partial charge on any atom is -0.486 e. The van der Waals surface area contributed by atoms with E-state index in [0.717, 1.165) is 28.2 Å². The molecule has 0 spiro atoms. The average Bonchev–Trinajstić information content (AvgIpc) is 3.23. The molecule has 7 heteroatoms. The van der Waals surface area contributed by atoms with Crippen molar-refractivity contribution in [3.05, 3.63) is 60.7 Å². The van der Waals surface area contributed by atoms with E-state index in [4.69, 9.17) is 9.47 Å². The van der Waals surface area contributed by atoms with Crippen LogP contribution in [0.3, 0.4) is 0 Å². The maximum atomic E-state index is 12.7. The highest BCUT2D eigenvalue weighted by Crippen LogP contribution is 2.34. The normalized spacial score (nSPS) is 13.2. The molecule has 0 aliphatic carbocycles. The average molecular weight is 378 g/mol. The van der Waals surface area contributed by atoms with E-state index in [-0.39, 0.29) is 5.91 Å². The van der Waals surface area contributed by atoms with Gasteiger partial charge in [-0.2, -0.15) is 5.10 Å². The number of rotatable bonds is 5. The molecule has 0 saturated heterocycles. The van der Waals surface area contributed by atoms with Crippen LogP contribution in [0.15, 0.2) is 55.1 Å². The van der Waals surface area contributed by atoms with Crippen molar-refractivity contribution in [3.63, 3.8) is 0 Å². The molecule has 0 bridgehead atoms. The summed E-state index contributed by atoms with van der Waals surface area (Å²) in [5.41, 5.74) is 1.98. The molecule has 1 N–H and O–H groups in total. The maximum absolute atomic E-state index is 12.7. The number of hydrogen-bond acceptors (Lipinski definition) is 5. The van der Waals surface area contributed by atoms with Crippen LogP contribution < -0.4 is 14.8 Å². The molecule has 4 rings (SSSR count). The first-order valence-electron chi connectivity index (χ1n) is 9.16. The summed E-state index contributed by atoms with van der Waals surface area (Å²) in [6, 6.07) is 9.57. The van der Waals surface area contributed by atoms with Crippen molar-refractivity contribution in [3.8, 4) is 22.6 Å². The highest BCUT2D eigenvalue weighted by atomic mass is 16.6. The molecular formula is C21H22N4O3. The molecule has 1 amide bonds.